The predicted molar refractivity (Wildman–Crippen MR) is 71.9 cm³/mol. The van der Waals surface area contributed by atoms with Crippen molar-refractivity contribution in [3.63, 3.8) is 0 Å². The average Bonchev–Trinajstić information content (AvgIpc) is 2.80. The molecule has 1 heterocycles. The third-order valence-corrected chi connectivity index (χ3v) is 3.71. The van der Waals surface area contributed by atoms with Gasteiger partial charge in [0.1, 0.15) is 11.6 Å². The quantitative estimate of drug-likeness (QED) is 0.836. The van der Waals surface area contributed by atoms with E-state index < -0.39 is 11.6 Å². The van der Waals surface area contributed by atoms with E-state index in [1.807, 2.05) is 17.5 Å². The third-order valence-electron chi connectivity index (χ3n) is 2.76. The second kappa shape index (κ2) is 5.48. The second-order valence-electron chi connectivity index (χ2n) is 4.51. The first kappa shape index (κ1) is 13.0. The average molecular weight is 267 g/mol. The zero-order valence-corrected chi connectivity index (χ0v) is 11.1. The Morgan fingerprint density at radius 2 is 1.94 bits per heavy atom. The zero-order valence-electron chi connectivity index (χ0n) is 10.3. The molecule has 1 atom stereocenters. The Balaban J connectivity index is 2.24. The standard InChI is InChI=1S/C14H15F2NS/c1-9(2)14(13-4-3-7-18-13)17-12-6-5-10(15)8-11(12)16/h3-9,14,17H,1-2H3. The van der Waals surface area contributed by atoms with Gasteiger partial charge >= 0.3 is 0 Å². The molecule has 1 aromatic heterocycles. The molecule has 0 aliphatic carbocycles. The van der Waals surface area contributed by atoms with Gasteiger partial charge < -0.3 is 5.32 Å². The summed E-state index contributed by atoms with van der Waals surface area (Å²) >= 11 is 1.63. The first-order chi connectivity index (χ1) is 8.58. The lowest BCUT2D eigenvalue weighted by atomic mass is 10.0. The normalized spacial score (nSPS) is 12.7. The highest BCUT2D eigenvalue weighted by Crippen LogP contribution is 2.30. The van der Waals surface area contributed by atoms with Crippen molar-refractivity contribution in [3.8, 4) is 0 Å². The van der Waals surface area contributed by atoms with Gasteiger partial charge in [0, 0.05) is 10.9 Å². The van der Waals surface area contributed by atoms with E-state index in [0.717, 1.165) is 10.9 Å². The van der Waals surface area contributed by atoms with E-state index >= 15 is 0 Å². The van der Waals surface area contributed by atoms with Crippen LogP contribution in [-0.4, -0.2) is 0 Å². The Labute approximate surface area is 109 Å². The maximum Gasteiger partial charge on any atom is 0.149 e. The van der Waals surface area contributed by atoms with Crippen molar-refractivity contribution in [1.82, 2.24) is 0 Å². The number of benzene rings is 1. The second-order valence-corrected chi connectivity index (χ2v) is 5.48. The van der Waals surface area contributed by atoms with Crippen LogP contribution in [0.3, 0.4) is 0 Å². The SMILES string of the molecule is CC(C)C(Nc1ccc(F)cc1F)c1cccs1. The molecular weight excluding hydrogens is 252 g/mol. The Kier molecular flexibility index (Phi) is 3.97. The van der Waals surface area contributed by atoms with Crippen LogP contribution in [0.4, 0.5) is 14.5 Å². The first-order valence-corrected chi connectivity index (χ1v) is 6.71. The van der Waals surface area contributed by atoms with Crippen LogP contribution in [-0.2, 0) is 0 Å². The number of halogens is 2. The fourth-order valence-corrected chi connectivity index (χ4v) is 2.76. The van der Waals surface area contributed by atoms with Gasteiger partial charge in [0.2, 0.25) is 0 Å². The molecule has 0 aliphatic rings. The lowest BCUT2D eigenvalue weighted by molar-refractivity contribution is 0.542. The summed E-state index contributed by atoms with van der Waals surface area (Å²) in [5.74, 6) is -0.805. The van der Waals surface area contributed by atoms with E-state index in [0.29, 0.717) is 11.6 Å². The highest BCUT2D eigenvalue weighted by molar-refractivity contribution is 7.10. The number of nitrogens with one attached hydrogen (secondary N) is 1. The van der Waals surface area contributed by atoms with E-state index in [4.69, 9.17) is 0 Å². The molecule has 4 heteroatoms. The molecule has 96 valence electrons. The molecule has 1 aromatic carbocycles. The summed E-state index contributed by atoms with van der Waals surface area (Å²) in [7, 11) is 0. The molecule has 0 radical (unpaired) electrons. The molecule has 1 unspecified atom stereocenters. The number of anilines is 1. The molecule has 0 saturated carbocycles. The predicted octanol–water partition coefficient (Wildman–Crippen LogP) is 4.84. The summed E-state index contributed by atoms with van der Waals surface area (Å²) in [6.07, 6.45) is 0. The molecule has 0 fully saturated rings. The molecule has 0 saturated heterocycles. The molecule has 2 aromatic rings. The minimum absolute atomic E-state index is 0.0324. The zero-order chi connectivity index (χ0) is 13.1. The molecule has 0 bridgehead atoms. The highest BCUT2D eigenvalue weighted by Gasteiger charge is 2.18. The lowest BCUT2D eigenvalue weighted by Crippen LogP contribution is -2.16. The molecule has 1 nitrogen and oxygen atoms in total. The van der Waals surface area contributed by atoms with Gasteiger partial charge in [0.25, 0.3) is 0 Å². The highest BCUT2D eigenvalue weighted by atomic mass is 32.1. The van der Waals surface area contributed by atoms with Crippen LogP contribution in [0.2, 0.25) is 0 Å². The Morgan fingerprint density at radius 3 is 2.50 bits per heavy atom. The van der Waals surface area contributed by atoms with Crippen molar-refractivity contribution in [2.45, 2.75) is 19.9 Å². The lowest BCUT2D eigenvalue weighted by Gasteiger charge is -2.22. The van der Waals surface area contributed by atoms with Crippen molar-refractivity contribution in [3.05, 3.63) is 52.2 Å². The summed E-state index contributed by atoms with van der Waals surface area (Å²) in [4.78, 5) is 1.15. The van der Waals surface area contributed by atoms with Gasteiger partial charge in [-0.15, -0.1) is 11.3 Å². The van der Waals surface area contributed by atoms with E-state index in [1.165, 1.54) is 12.1 Å². The van der Waals surface area contributed by atoms with E-state index in [2.05, 4.69) is 19.2 Å². The van der Waals surface area contributed by atoms with Crippen LogP contribution < -0.4 is 5.32 Å². The van der Waals surface area contributed by atoms with Gasteiger partial charge in [-0.1, -0.05) is 19.9 Å². The minimum Gasteiger partial charge on any atom is -0.375 e. The van der Waals surface area contributed by atoms with Crippen LogP contribution in [0.5, 0.6) is 0 Å². The van der Waals surface area contributed by atoms with Crippen molar-refractivity contribution < 1.29 is 8.78 Å². The van der Waals surface area contributed by atoms with Crippen LogP contribution in [0, 0.1) is 17.6 Å². The number of hydrogen-bond donors (Lipinski definition) is 1. The number of thiophene rings is 1. The minimum atomic E-state index is -0.560. The van der Waals surface area contributed by atoms with Crippen molar-refractivity contribution >= 4 is 17.0 Å². The van der Waals surface area contributed by atoms with Crippen LogP contribution in [0.15, 0.2) is 35.7 Å². The molecule has 0 spiro atoms. The monoisotopic (exact) mass is 267 g/mol. The first-order valence-electron chi connectivity index (χ1n) is 5.83. The Bertz CT molecular complexity index is 509. The largest absolute Gasteiger partial charge is 0.375 e. The number of rotatable bonds is 4. The van der Waals surface area contributed by atoms with E-state index in [1.54, 1.807) is 11.3 Å². The maximum atomic E-state index is 13.6. The van der Waals surface area contributed by atoms with Crippen molar-refractivity contribution in [2.24, 2.45) is 5.92 Å². The molecule has 1 N–H and O–H groups in total. The summed E-state index contributed by atoms with van der Waals surface area (Å²) in [5.41, 5.74) is 0.337. The van der Waals surface area contributed by atoms with E-state index in [9.17, 15) is 8.78 Å². The maximum absolute atomic E-state index is 13.6. The van der Waals surface area contributed by atoms with Gasteiger partial charge in [-0.2, -0.15) is 0 Å². The van der Waals surface area contributed by atoms with Crippen molar-refractivity contribution in [1.29, 1.82) is 0 Å². The molecule has 18 heavy (non-hydrogen) atoms. The fourth-order valence-electron chi connectivity index (χ4n) is 1.81. The van der Waals surface area contributed by atoms with E-state index in [-0.39, 0.29) is 6.04 Å². The number of hydrogen-bond acceptors (Lipinski definition) is 2. The fraction of sp³-hybridized carbons (Fsp3) is 0.286. The molecule has 0 amide bonds. The summed E-state index contributed by atoms with van der Waals surface area (Å²) < 4.78 is 26.5. The topological polar surface area (TPSA) is 12.0 Å². The Morgan fingerprint density at radius 1 is 1.17 bits per heavy atom. The smallest absolute Gasteiger partial charge is 0.149 e. The Hall–Kier alpha value is -1.42. The van der Waals surface area contributed by atoms with Gasteiger partial charge in [0.15, 0.2) is 0 Å². The summed E-state index contributed by atoms with van der Waals surface area (Å²) in [6, 6.07) is 7.62. The third kappa shape index (κ3) is 2.88. The van der Waals surface area contributed by atoms with Crippen LogP contribution in [0.1, 0.15) is 24.8 Å². The molecular formula is C14H15F2NS. The molecule has 0 aliphatic heterocycles. The van der Waals surface area contributed by atoms with Gasteiger partial charge in [-0.05, 0) is 29.5 Å². The summed E-state index contributed by atoms with van der Waals surface area (Å²) in [5, 5.41) is 5.14. The van der Waals surface area contributed by atoms with Gasteiger partial charge in [-0.3, -0.25) is 0 Å². The van der Waals surface area contributed by atoms with Crippen LogP contribution in [0.25, 0.3) is 0 Å². The molecule has 2 rings (SSSR count). The van der Waals surface area contributed by atoms with Gasteiger partial charge in [0.05, 0.1) is 11.7 Å². The van der Waals surface area contributed by atoms with Crippen molar-refractivity contribution in [2.75, 3.05) is 5.32 Å². The summed E-state index contributed by atoms with van der Waals surface area (Å²) in [6.45, 7) is 4.14. The van der Waals surface area contributed by atoms with Gasteiger partial charge in [-0.25, -0.2) is 8.78 Å². The van der Waals surface area contributed by atoms with Crippen LogP contribution >= 0.6 is 11.3 Å².